The van der Waals surface area contributed by atoms with Gasteiger partial charge in [-0.2, -0.15) is 5.10 Å². The SMILES string of the molecule is CCCOc1ccc(C(=O)N/N=C\c2ccc(O)cc2O)cc1. The van der Waals surface area contributed by atoms with Crippen molar-refractivity contribution < 1.29 is 19.7 Å². The molecular weight excluding hydrogens is 296 g/mol. The van der Waals surface area contributed by atoms with Crippen molar-refractivity contribution in [2.24, 2.45) is 5.10 Å². The minimum absolute atomic E-state index is 0.0472. The molecule has 1 amide bonds. The number of amides is 1. The zero-order chi connectivity index (χ0) is 16.7. The van der Waals surface area contributed by atoms with E-state index in [4.69, 9.17) is 4.74 Å². The highest BCUT2D eigenvalue weighted by Crippen LogP contribution is 2.20. The Morgan fingerprint density at radius 2 is 1.96 bits per heavy atom. The van der Waals surface area contributed by atoms with Crippen LogP contribution in [-0.2, 0) is 0 Å². The molecule has 0 heterocycles. The standard InChI is InChI=1S/C17H18N2O4/c1-2-9-23-15-7-4-12(5-8-15)17(22)19-18-11-13-3-6-14(20)10-16(13)21/h3-8,10-11,20-21H,2,9H2,1H3,(H,19,22)/b18-11-. The monoisotopic (exact) mass is 314 g/mol. The zero-order valence-electron chi connectivity index (χ0n) is 12.7. The molecule has 2 rings (SSSR count). The van der Waals surface area contributed by atoms with E-state index in [2.05, 4.69) is 10.5 Å². The lowest BCUT2D eigenvalue weighted by Gasteiger charge is -2.05. The Morgan fingerprint density at radius 3 is 2.61 bits per heavy atom. The van der Waals surface area contributed by atoms with Crippen molar-refractivity contribution >= 4 is 12.1 Å². The molecule has 2 aromatic carbocycles. The van der Waals surface area contributed by atoms with Crippen molar-refractivity contribution in [2.45, 2.75) is 13.3 Å². The fourth-order valence-electron chi connectivity index (χ4n) is 1.79. The summed E-state index contributed by atoms with van der Waals surface area (Å²) in [5.41, 5.74) is 3.19. The van der Waals surface area contributed by atoms with Gasteiger partial charge in [-0.1, -0.05) is 6.92 Å². The van der Waals surface area contributed by atoms with Crippen LogP contribution in [0.2, 0.25) is 0 Å². The van der Waals surface area contributed by atoms with Gasteiger partial charge < -0.3 is 14.9 Å². The van der Waals surface area contributed by atoms with E-state index in [1.54, 1.807) is 24.3 Å². The number of hydrazone groups is 1. The van der Waals surface area contributed by atoms with Crippen molar-refractivity contribution in [1.82, 2.24) is 5.43 Å². The first-order valence-corrected chi connectivity index (χ1v) is 7.18. The van der Waals surface area contributed by atoms with Crippen molar-refractivity contribution in [3.8, 4) is 17.2 Å². The molecule has 0 radical (unpaired) electrons. The Kier molecular flexibility index (Phi) is 5.57. The number of phenolic OH excluding ortho intramolecular Hbond substituents is 2. The van der Waals surface area contributed by atoms with Crippen molar-refractivity contribution in [3.63, 3.8) is 0 Å². The van der Waals surface area contributed by atoms with Gasteiger partial charge in [0.15, 0.2) is 0 Å². The molecule has 0 saturated carbocycles. The average Bonchev–Trinajstić information content (AvgIpc) is 2.55. The second kappa shape index (κ2) is 7.84. The van der Waals surface area contributed by atoms with Crippen LogP contribution in [0.1, 0.15) is 29.3 Å². The van der Waals surface area contributed by atoms with Gasteiger partial charge in [-0.15, -0.1) is 0 Å². The number of carbonyl (C=O) groups excluding carboxylic acids is 1. The summed E-state index contributed by atoms with van der Waals surface area (Å²) in [5.74, 6) is 0.164. The summed E-state index contributed by atoms with van der Waals surface area (Å²) in [6.45, 7) is 2.65. The van der Waals surface area contributed by atoms with E-state index < -0.39 is 0 Å². The van der Waals surface area contributed by atoms with Gasteiger partial charge in [-0.3, -0.25) is 4.79 Å². The van der Waals surface area contributed by atoms with Crippen LogP contribution in [0, 0.1) is 0 Å². The van der Waals surface area contributed by atoms with E-state index in [1.807, 2.05) is 6.92 Å². The summed E-state index contributed by atoms with van der Waals surface area (Å²) >= 11 is 0. The Bertz CT molecular complexity index is 696. The van der Waals surface area contributed by atoms with Gasteiger partial charge in [0.2, 0.25) is 0 Å². The molecule has 0 atom stereocenters. The Hall–Kier alpha value is -3.02. The predicted molar refractivity (Wildman–Crippen MR) is 87.1 cm³/mol. The molecule has 0 unspecified atom stereocenters. The van der Waals surface area contributed by atoms with Gasteiger partial charge in [-0.05, 0) is 42.8 Å². The third-order valence-corrected chi connectivity index (χ3v) is 2.97. The van der Waals surface area contributed by atoms with Crippen LogP contribution in [0.4, 0.5) is 0 Å². The fourth-order valence-corrected chi connectivity index (χ4v) is 1.79. The minimum Gasteiger partial charge on any atom is -0.508 e. The van der Waals surface area contributed by atoms with Crippen molar-refractivity contribution in [1.29, 1.82) is 0 Å². The van der Waals surface area contributed by atoms with Gasteiger partial charge in [0, 0.05) is 17.2 Å². The normalized spacial score (nSPS) is 10.7. The molecule has 0 saturated heterocycles. The zero-order valence-corrected chi connectivity index (χ0v) is 12.7. The summed E-state index contributed by atoms with van der Waals surface area (Å²) in [6, 6.07) is 10.8. The number of nitrogens with one attached hydrogen (secondary N) is 1. The van der Waals surface area contributed by atoms with E-state index in [0.29, 0.717) is 23.5 Å². The predicted octanol–water partition coefficient (Wildman–Crippen LogP) is 2.65. The maximum absolute atomic E-state index is 11.9. The van der Waals surface area contributed by atoms with Crippen molar-refractivity contribution in [2.75, 3.05) is 6.61 Å². The summed E-state index contributed by atoms with van der Waals surface area (Å²) in [7, 11) is 0. The van der Waals surface area contributed by atoms with Crippen LogP contribution in [0.3, 0.4) is 0 Å². The largest absolute Gasteiger partial charge is 0.508 e. The number of rotatable bonds is 6. The van der Waals surface area contributed by atoms with Crippen LogP contribution in [0.25, 0.3) is 0 Å². The Morgan fingerprint density at radius 1 is 1.22 bits per heavy atom. The number of nitrogens with zero attached hydrogens (tertiary/aromatic N) is 1. The van der Waals surface area contributed by atoms with Crippen LogP contribution < -0.4 is 10.2 Å². The number of benzene rings is 2. The summed E-state index contributed by atoms with van der Waals surface area (Å²) in [5, 5.41) is 22.6. The number of ether oxygens (including phenoxy) is 1. The smallest absolute Gasteiger partial charge is 0.271 e. The van der Waals surface area contributed by atoms with E-state index >= 15 is 0 Å². The summed E-state index contributed by atoms with van der Waals surface area (Å²) in [6.07, 6.45) is 2.21. The van der Waals surface area contributed by atoms with Gasteiger partial charge >= 0.3 is 0 Å². The van der Waals surface area contributed by atoms with Crippen LogP contribution in [0.5, 0.6) is 17.2 Å². The van der Waals surface area contributed by atoms with Gasteiger partial charge in [0.1, 0.15) is 17.2 Å². The maximum atomic E-state index is 11.9. The topological polar surface area (TPSA) is 91.2 Å². The van der Waals surface area contributed by atoms with Crippen LogP contribution in [0.15, 0.2) is 47.6 Å². The molecule has 23 heavy (non-hydrogen) atoms. The third kappa shape index (κ3) is 4.74. The fraction of sp³-hybridized carbons (Fsp3) is 0.176. The molecule has 0 spiro atoms. The van der Waals surface area contributed by atoms with E-state index in [-0.39, 0.29) is 17.4 Å². The number of hydrogen-bond donors (Lipinski definition) is 3. The molecule has 0 aromatic heterocycles. The number of hydrogen-bond acceptors (Lipinski definition) is 5. The Balaban J connectivity index is 1.95. The molecule has 0 bridgehead atoms. The summed E-state index contributed by atoms with van der Waals surface area (Å²) < 4.78 is 5.44. The quantitative estimate of drug-likeness (QED) is 0.564. The van der Waals surface area contributed by atoms with Gasteiger partial charge in [0.25, 0.3) is 5.91 Å². The second-order valence-corrected chi connectivity index (χ2v) is 4.82. The molecule has 120 valence electrons. The minimum atomic E-state index is -0.374. The first-order chi connectivity index (χ1) is 11.1. The maximum Gasteiger partial charge on any atom is 0.271 e. The van der Waals surface area contributed by atoms with Crippen molar-refractivity contribution in [3.05, 3.63) is 53.6 Å². The first-order valence-electron chi connectivity index (χ1n) is 7.18. The highest BCUT2D eigenvalue weighted by Gasteiger charge is 2.05. The molecule has 6 heteroatoms. The second-order valence-electron chi connectivity index (χ2n) is 4.82. The molecule has 0 aliphatic rings. The highest BCUT2D eigenvalue weighted by molar-refractivity contribution is 5.95. The lowest BCUT2D eigenvalue weighted by Crippen LogP contribution is -2.17. The molecule has 2 aromatic rings. The van der Waals surface area contributed by atoms with E-state index in [0.717, 1.165) is 6.42 Å². The van der Waals surface area contributed by atoms with E-state index in [9.17, 15) is 15.0 Å². The molecule has 0 aliphatic carbocycles. The number of aromatic hydroxyl groups is 2. The molecule has 6 nitrogen and oxygen atoms in total. The van der Waals surface area contributed by atoms with E-state index in [1.165, 1.54) is 24.4 Å². The molecule has 0 aliphatic heterocycles. The molecule has 0 fully saturated rings. The van der Waals surface area contributed by atoms with Gasteiger partial charge in [-0.25, -0.2) is 5.43 Å². The average molecular weight is 314 g/mol. The summed E-state index contributed by atoms with van der Waals surface area (Å²) in [4.78, 5) is 11.9. The molecular formula is C17H18N2O4. The first kappa shape index (κ1) is 16.4. The van der Waals surface area contributed by atoms with Crippen LogP contribution in [-0.4, -0.2) is 28.9 Å². The lowest BCUT2D eigenvalue weighted by molar-refractivity contribution is 0.0955. The number of carbonyl (C=O) groups is 1. The third-order valence-electron chi connectivity index (χ3n) is 2.97. The Labute approximate surface area is 134 Å². The highest BCUT2D eigenvalue weighted by atomic mass is 16.5. The van der Waals surface area contributed by atoms with Gasteiger partial charge in [0.05, 0.1) is 12.8 Å². The van der Waals surface area contributed by atoms with Crippen LogP contribution >= 0.6 is 0 Å². The lowest BCUT2D eigenvalue weighted by atomic mass is 10.2. The molecule has 3 N–H and O–H groups in total. The number of phenols is 2.